The number of carbonyl (C=O) groups excluding carboxylic acids is 1. The van der Waals surface area contributed by atoms with Crippen LogP contribution in [0.15, 0.2) is 42.5 Å². The van der Waals surface area contributed by atoms with E-state index in [0.717, 1.165) is 37.9 Å². The fourth-order valence-corrected chi connectivity index (χ4v) is 3.64. The molecule has 1 aliphatic rings. The third kappa shape index (κ3) is 3.97. The van der Waals surface area contributed by atoms with E-state index in [0.29, 0.717) is 17.2 Å². The van der Waals surface area contributed by atoms with E-state index >= 15 is 0 Å². The molecule has 1 aromatic heterocycles. The number of aromatic nitrogens is 4. The number of hydrogen-bond acceptors (Lipinski definition) is 7. The van der Waals surface area contributed by atoms with Gasteiger partial charge in [-0.15, -0.1) is 5.10 Å². The van der Waals surface area contributed by atoms with Crippen LogP contribution in [0.5, 0.6) is 0 Å². The zero-order chi connectivity index (χ0) is 21.1. The number of aryl methyl sites for hydroxylation is 1. The number of nitrogens with zero attached hydrogens (tertiary/aromatic N) is 6. The van der Waals surface area contributed by atoms with Crippen LogP contribution >= 0.6 is 0 Å². The Balaban J connectivity index is 1.65. The highest BCUT2D eigenvalue weighted by molar-refractivity contribution is 6.08. The largest absolute Gasteiger partial charge is 0.371 e. The van der Waals surface area contributed by atoms with Gasteiger partial charge >= 0.3 is 0 Å². The van der Waals surface area contributed by atoms with E-state index < -0.39 is 10.8 Å². The molecule has 0 radical (unpaired) electrons. The molecule has 0 spiro atoms. The first kappa shape index (κ1) is 19.5. The monoisotopic (exact) mass is 407 g/mol. The van der Waals surface area contributed by atoms with Crippen LogP contribution < -0.4 is 10.2 Å². The number of amides is 1. The van der Waals surface area contributed by atoms with Gasteiger partial charge in [-0.3, -0.25) is 14.9 Å². The van der Waals surface area contributed by atoms with Crippen molar-refractivity contribution in [3.05, 3.63) is 58.1 Å². The van der Waals surface area contributed by atoms with Crippen molar-refractivity contribution in [2.75, 3.05) is 23.3 Å². The molecule has 3 aromatic rings. The molecule has 4 rings (SSSR count). The predicted octanol–water partition coefficient (Wildman–Crippen LogP) is 3.03. The molecule has 2 aromatic carbocycles. The van der Waals surface area contributed by atoms with Gasteiger partial charge in [-0.25, -0.2) is 4.68 Å². The first-order valence-corrected chi connectivity index (χ1v) is 9.70. The summed E-state index contributed by atoms with van der Waals surface area (Å²) in [6.45, 7) is 1.65. The zero-order valence-corrected chi connectivity index (χ0v) is 16.5. The number of nitro groups is 1. The third-order valence-electron chi connectivity index (χ3n) is 5.13. The summed E-state index contributed by atoms with van der Waals surface area (Å²) >= 11 is 0. The lowest BCUT2D eigenvalue weighted by molar-refractivity contribution is -0.384. The minimum absolute atomic E-state index is 0.111. The van der Waals surface area contributed by atoms with Crippen LogP contribution in [-0.2, 0) is 7.05 Å². The van der Waals surface area contributed by atoms with Crippen molar-refractivity contribution >= 4 is 23.0 Å². The lowest BCUT2D eigenvalue weighted by atomic mass is 10.1. The maximum Gasteiger partial charge on any atom is 0.270 e. The van der Waals surface area contributed by atoms with Crippen molar-refractivity contribution in [2.45, 2.75) is 19.3 Å². The lowest BCUT2D eigenvalue weighted by Crippen LogP contribution is -2.31. The molecule has 0 aliphatic carbocycles. The Bertz CT molecular complexity index is 1090. The number of nitrogens with one attached hydrogen (secondary N) is 1. The van der Waals surface area contributed by atoms with Gasteiger partial charge in [-0.1, -0.05) is 12.1 Å². The summed E-state index contributed by atoms with van der Waals surface area (Å²) in [5.74, 6) is 0.169. The summed E-state index contributed by atoms with van der Waals surface area (Å²) in [6, 6.07) is 11.6. The van der Waals surface area contributed by atoms with Gasteiger partial charge in [0.25, 0.3) is 11.6 Å². The van der Waals surface area contributed by atoms with E-state index in [1.807, 2.05) is 6.07 Å². The van der Waals surface area contributed by atoms with Crippen LogP contribution in [0.3, 0.4) is 0 Å². The van der Waals surface area contributed by atoms with Crippen LogP contribution in [0.4, 0.5) is 17.1 Å². The fourth-order valence-electron chi connectivity index (χ4n) is 3.64. The second-order valence-electron chi connectivity index (χ2n) is 7.17. The Morgan fingerprint density at radius 1 is 1.13 bits per heavy atom. The predicted molar refractivity (Wildman–Crippen MR) is 111 cm³/mol. The van der Waals surface area contributed by atoms with E-state index in [-0.39, 0.29) is 11.3 Å². The van der Waals surface area contributed by atoms with E-state index in [2.05, 4.69) is 25.7 Å². The number of tetrazole rings is 1. The van der Waals surface area contributed by atoms with Gasteiger partial charge in [-0.2, -0.15) is 0 Å². The molecule has 154 valence electrons. The van der Waals surface area contributed by atoms with Crippen LogP contribution in [0, 0.1) is 10.1 Å². The standard InChI is InChI=1S/C20H21N7O3/c1-25-19(22-23-24-25)14-6-5-7-15(12-14)21-20(28)17-13-16(27(29)30)8-9-18(17)26-10-3-2-4-11-26/h5-9,12-13H,2-4,10-11H2,1H3,(H,21,28). The Labute approximate surface area is 172 Å². The number of anilines is 2. The number of rotatable bonds is 5. The second-order valence-corrected chi connectivity index (χ2v) is 7.17. The van der Waals surface area contributed by atoms with Gasteiger partial charge in [0.15, 0.2) is 5.82 Å². The summed E-state index contributed by atoms with van der Waals surface area (Å²) in [5.41, 5.74) is 2.19. The lowest BCUT2D eigenvalue weighted by Gasteiger charge is -2.30. The smallest absolute Gasteiger partial charge is 0.270 e. The van der Waals surface area contributed by atoms with Gasteiger partial charge in [0.1, 0.15) is 0 Å². The highest BCUT2D eigenvalue weighted by atomic mass is 16.6. The third-order valence-corrected chi connectivity index (χ3v) is 5.13. The van der Waals surface area contributed by atoms with Gasteiger partial charge in [0.2, 0.25) is 0 Å². The van der Waals surface area contributed by atoms with Crippen molar-refractivity contribution < 1.29 is 9.72 Å². The maximum atomic E-state index is 13.1. The molecule has 1 amide bonds. The quantitative estimate of drug-likeness (QED) is 0.510. The summed E-state index contributed by atoms with van der Waals surface area (Å²) in [7, 11) is 1.73. The molecule has 0 bridgehead atoms. The second kappa shape index (κ2) is 8.27. The van der Waals surface area contributed by atoms with Crippen LogP contribution in [0.25, 0.3) is 11.4 Å². The summed E-state index contributed by atoms with van der Waals surface area (Å²) in [4.78, 5) is 26.0. The summed E-state index contributed by atoms with van der Waals surface area (Å²) < 4.78 is 1.54. The van der Waals surface area contributed by atoms with Gasteiger partial charge in [-0.05, 0) is 47.9 Å². The molecule has 0 atom stereocenters. The molecule has 1 aliphatic heterocycles. The van der Waals surface area contributed by atoms with Gasteiger partial charge in [0, 0.05) is 43.5 Å². The molecule has 0 unspecified atom stereocenters. The maximum absolute atomic E-state index is 13.1. The van der Waals surface area contributed by atoms with Crippen molar-refractivity contribution in [3.8, 4) is 11.4 Å². The number of benzene rings is 2. The summed E-state index contributed by atoms with van der Waals surface area (Å²) in [5, 5.41) is 25.6. The molecule has 2 heterocycles. The SMILES string of the molecule is Cn1nnnc1-c1cccc(NC(=O)c2cc([N+](=O)[O-])ccc2N2CCCCC2)c1. The first-order valence-electron chi connectivity index (χ1n) is 9.70. The minimum atomic E-state index is -0.488. The number of nitro benzene ring substituents is 1. The molecule has 0 saturated carbocycles. The number of carbonyl (C=O) groups is 1. The number of hydrogen-bond donors (Lipinski definition) is 1. The molecular weight excluding hydrogens is 386 g/mol. The number of piperidine rings is 1. The van der Waals surface area contributed by atoms with Crippen LogP contribution in [0.1, 0.15) is 29.6 Å². The Morgan fingerprint density at radius 2 is 1.93 bits per heavy atom. The average molecular weight is 407 g/mol. The Kier molecular flexibility index (Phi) is 5.38. The first-order chi connectivity index (χ1) is 14.5. The van der Waals surface area contributed by atoms with Gasteiger partial charge < -0.3 is 10.2 Å². The number of non-ortho nitro benzene ring substituents is 1. The molecular formula is C20H21N7O3. The van der Waals surface area contributed by atoms with Crippen LogP contribution in [0.2, 0.25) is 0 Å². The van der Waals surface area contributed by atoms with E-state index in [9.17, 15) is 14.9 Å². The highest BCUT2D eigenvalue weighted by Crippen LogP contribution is 2.29. The average Bonchev–Trinajstić information content (AvgIpc) is 3.20. The van der Waals surface area contributed by atoms with Crippen molar-refractivity contribution in [3.63, 3.8) is 0 Å². The minimum Gasteiger partial charge on any atom is -0.371 e. The van der Waals surface area contributed by atoms with E-state index in [1.165, 1.54) is 16.8 Å². The molecule has 30 heavy (non-hydrogen) atoms. The normalized spacial score (nSPS) is 13.8. The Hall–Kier alpha value is -3.82. The molecule has 1 fully saturated rings. The van der Waals surface area contributed by atoms with Crippen molar-refractivity contribution in [1.82, 2.24) is 20.2 Å². The van der Waals surface area contributed by atoms with E-state index in [1.54, 1.807) is 31.3 Å². The zero-order valence-electron chi connectivity index (χ0n) is 16.5. The molecule has 10 heteroatoms. The van der Waals surface area contributed by atoms with Gasteiger partial charge in [0.05, 0.1) is 16.2 Å². The molecule has 1 N–H and O–H groups in total. The van der Waals surface area contributed by atoms with Crippen molar-refractivity contribution in [1.29, 1.82) is 0 Å². The highest BCUT2D eigenvalue weighted by Gasteiger charge is 2.22. The fraction of sp³-hybridized carbons (Fsp3) is 0.300. The molecule has 1 saturated heterocycles. The van der Waals surface area contributed by atoms with E-state index in [4.69, 9.17) is 0 Å². The van der Waals surface area contributed by atoms with Crippen LogP contribution in [-0.4, -0.2) is 44.1 Å². The molecule has 10 nitrogen and oxygen atoms in total. The summed E-state index contributed by atoms with van der Waals surface area (Å²) in [6.07, 6.45) is 3.21. The Morgan fingerprint density at radius 3 is 2.63 bits per heavy atom. The topological polar surface area (TPSA) is 119 Å². The van der Waals surface area contributed by atoms with Crippen molar-refractivity contribution in [2.24, 2.45) is 7.05 Å².